The number of carbonyl (C=O) groups excluding carboxylic acids is 1. The first-order chi connectivity index (χ1) is 6.91. The first-order valence-electron chi connectivity index (χ1n) is 3.86. The highest BCUT2D eigenvalue weighted by Gasteiger charge is 2.15. The van der Waals surface area contributed by atoms with Gasteiger partial charge in [-0.1, -0.05) is 0 Å². The predicted molar refractivity (Wildman–Crippen MR) is 63.5 cm³/mol. The molecule has 0 radical (unpaired) electrons. The molecule has 0 N–H and O–H groups in total. The van der Waals surface area contributed by atoms with Crippen molar-refractivity contribution in [3.05, 3.63) is 25.7 Å². The fourth-order valence-electron chi connectivity index (χ4n) is 1.00. The average molecular weight is 391 g/mol. The second-order valence-corrected chi connectivity index (χ2v) is 4.74. The first kappa shape index (κ1) is 12.8. The van der Waals surface area contributed by atoms with Gasteiger partial charge in [0.1, 0.15) is 5.75 Å². The van der Waals surface area contributed by atoms with Crippen molar-refractivity contribution in [3.63, 3.8) is 0 Å². The van der Waals surface area contributed by atoms with E-state index in [1.165, 1.54) is 13.0 Å². The van der Waals surface area contributed by atoms with Gasteiger partial charge in [0.15, 0.2) is 5.78 Å². The van der Waals surface area contributed by atoms with Crippen LogP contribution in [0.15, 0.2) is 16.6 Å². The number of ether oxygens (including phenoxy) is 1. The summed E-state index contributed by atoms with van der Waals surface area (Å²) < 4.78 is 29.3. The van der Waals surface area contributed by atoms with Crippen LogP contribution < -0.4 is 4.74 Å². The molecule has 0 saturated heterocycles. The van der Waals surface area contributed by atoms with Crippen LogP contribution in [0, 0.1) is 3.57 Å². The van der Waals surface area contributed by atoms with Crippen LogP contribution >= 0.6 is 38.5 Å². The van der Waals surface area contributed by atoms with Crippen molar-refractivity contribution >= 4 is 44.3 Å². The van der Waals surface area contributed by atoms with Crippen LogP contribution in [0.4, 0.5) is 8.78 Å². The zero-order valence-electron chi connectivity index (χ0n) is 7.56. The van der Waals surface area contributed by atoms with Gasteiger partial charge in [-0.3, -0.25) is 4.79 Å². The van der Waals surface area contributed by atoms with Gasteiger partial charge < -0.3 is 4.74 Å². The summed E-state index contributed by atoms with van der Waals surface area (Å²) in [5.41, 5.74) is 0.331. The minimum absolute atomic E-state index is 0.0258. The maximum Gasteiger partial charge on any atom is 0.387 e. The highest BCUT2D eigenvalue weighted by atomic mass is 127. The Morgan fingerprint density at radius 2 is 2.13 bits per heavy atom. The van der Waals surface area contributed by atoms with Gasteiger partial charge in [-0.25, -0.2) is 0 Å². The predicted octanol–water partition coefficient (Wildman–Crippen LogP) is 3.86. The molecule has 0 unspecified atom stereocenters. The van der Waals surface area contributed by atoms with Crippen LogP contribution in [0.5, 0.6) is 5.75 Å². The van der Waals surface area contributed by atoms with Crippen molar-refractivity contribution in [2.75, 3.05) is 0 Å². The molecule has 0 heterocycles. The van der Waals surface area contributed by atoms with E-state index in [9.17, 15) is 13.6 Å². The molecular weight excluding hydrogens is 385 g/mol. The lowest BCUT2D eigenvalue weighted by Crippen LogP contribution is -2.05. The van der Waals surface area contributed by atoms with E-state index in [2.05, 4.69) is 20.7 Å². The molecular formula is C9H6BrF2IO2. The number of carbonyl (C=O) groups is 1. The summed E-state index contributed by atoms with van der Waals surface area (Å²) in [6.07, 6.45) is 0. The Kier molecular flexibility index (Phi) is 4.45. The number of hydrogen-bond donors (Lipinski definition) is 0. The molecule has 0 fully saturated rings. The van der Waals surface area contributed by atoms with Crippen molar-refractivity contribution in [1.29, 1.82) is 0 Å². The van der Waals surface area contributed by atoms with E-state index < -0.39 is 6.61 Å². The Hall–Kier alpha value is -0.240. The lowest BCUT2D eigenvalue weighted by atomic mass is 10.1. The lowest BCUT2D eigenvalue weighted by molar-refractivity contribution is -0.0504. The monoisotopic (exact) mass is 390 g/mol. The summed E-state index contributed by atoms with van der Waals surface area (Å²) >= 11 is 4.99. The topological polar surface area (TPSA) is 26.3 Å². The number of alkyl halides is 2. The van der Waals surface area contributed by atoms with E-state index in [-0.39, 0.29) is 16.0 Å². The summed E-state index contributed by atoms with van der Waals surface area (Å²) in [5, 5.41) is 0. The average Bonchev–Trinajstić information content (AvgIpc) is 2.09. The van der Waals surface area contributed by atoms with Gasteiger partial charge >= 0.3 is 6.61 Å². The summed E-state index contributed by atoms with van der Waals surface area (Å²) in [6, 6.07) is 3.04. The fourth-order valence-corrected chi connectivity index (χ4v) is 2.20. The molecule has 0 aliphatic carbocycles. The molecule has 0 aliphatic rings. The molecule has 0 saturated carbocycles. The Bertz CT molecular complexity index is 396. The molecule has 82 valence electrons. The number of rotatable bonds is 3. The van der Waals surface area contributed by atoms with E-state index in [4.69, 9.17) is 0 Å². The van der Waals surface area contributed by atoms with E-state index in [1.54, 1.807) is 6.07 Å². The van der Waals surface area contributed by atoms with Crippen LogP contribution in [-0.4, -0.2) is 12.4 Å². The van der Waals surface area contributed by atoms with Gasteiger partial charge in [0.2, 0.25) is 0 Å². The molecule has 1 aromatic rings. The Balaban J connectivity index is 3.22. The van der Waals surface area contributed by atoms with Gasteiger partial charge in [-0.05, 0) is 57.6 Å². The summed E-state index contributed by atoms with van der Waals surface area (Å²) in [4.78, 5) is 11.2. The van der Waals surface area contributed by atoms with Crippen LogP contribution in [0.1, 0.15) is 17.3 Å². The fraction of sp³-hybridized carbons (Fsp3) is 0.222. The Morgan fingerprint density at radius 3 is 2.60 bits per heavy atom. The van der Waals surface area contributed by atoms with Crippen LogP contribution in [0.2, 0.25) is 0 Å². The van der Waals surface area contributed by atoms with E-state index in [0.717, 1.165) is 0 Å². The summed E-state index contributed by atoms with van der Waals surface area (Å²) in [7, 11) is 0. The molecule has 0 atom stereocenters. The third kappa shape index (κ3) is 3.37. The van der Waals surface area contributed by atoms with Crippen molar-refractivity contribution in [2.24, 2.45) is 0 Å². The molecule has 1 rings (SSSR count). The van der Waals surface area contributed by atoms with Gasteiger partial charge in [0, 0.05) is 9.13 Å². The zero-order chi connectivity index (χ0) is 11.6. The second-order valence-electron chi connectivity index (χ2n) is 2.70. The first-order valence-corrected chi connectivity index (χ1v) is 5.73. The molecule has 2 nitrogen and oxygen atoms in total. The zero-order valence-corrected chi connectivity index (χ0v) is 11.3. The van der Waals surface area contributed by atoms with Crippen molar-refractivity contribution in [3.8, 4) is 5.75 Å². The normalized spacial score (nSPS) is 10.5. The van der Waals surface area contributed by atoms with Gasteiger partial charge in [0.05, 0.1) is 4.47 Å². The number of Topliss-reactive ketones (excluding diaryl/α,β-unsaturated/α-hetero) is 1. The second kappa shape index (κ2) is 5.20. The van der Waals surface area contributed by atoms with Crippen molar-refractivity contribution in [2.45, 2.75) is 13.5 Å². The minimum atomic E-state index is -2.90. The molecule has 0 spiro atoms. The Morgan fingerprint density at radius 1 is 1.53 bits per heavy atom. The third-order valence-electron chi connectivity index (χ3n) is 1.60. The largest absolute Gasteiger partial charge is 0.434 e. The van der Waals surface area contributed by atoms with Gasteiger partial charge in [-0.15, -0.1) is 0 Å². The number of benzene rings is 1. The Labute approximate surface area is 107 Å². The maximum absolute atomic E-state index is 12.0. The number of halogens is 4. The van der Waals surface area contributed by atoms with Crippen molar-refractivity contribution < 1.29 is 18.3 Å². The molecule has 6 heteroatoms. The summed E-state index contributed by atoms with van der Waals surface area (Å²) in [6.45, 7) is -1.54. The van der Waals surface area contributed by atoms with Crippen LogP contribution in [0.25, 0.3) is 0 Å². The third-order valence-corrected chi connectivity index (χ3v) is 3.04. The van der Waals surface area contributed by atoms with Gasteiger partial charge in [-0.2, -0.15) is 8.78 Å². The standard InChI is InChI=1S/C9H6BrF2IO2/c1-4(14)6-2-5(13)3-7(8(6)10)15-9(11)12/h2-3,9H,1H3. The lowest BCUT2D eigenvalue weighted by Gasteiger charge is -2.10. The SMILES string of the molecule is CC(=O)c1cc(I)cc(OC(F)F)c1Br. The van der Waals surface area contributed by atoms with Crippen LogP contribution in [0.3, 0.4) is 0 Å². The van der Waals surface area contributed by atoms with E-state index >= 15 is 0 Å². The van der Waals surface area contributed by atoms with Crippen molar-refractivity contribution in [1.82, 2.24) is 0 Å². The molecule has 1 aromatic carbocycles. The van der Waals surface area contributed by atoms with E-state index in [0.29, 0.717) is 9.13 Å². The number of ketones is 1. The summed E-state index contributed by atoms with van der Waals surface area (Å²) in [5.74, 6) is -0.235. The van der Waals surface area contributed by atoms with Gasteiger partial charge in [0.25, 0.3) is 0 Å². The van der Waals surface area contributed by atoms with E-state index in [1.807, 2.05) is 22.6 Å². The highest BCUT2D eigenvalue weighted by molar-refractivity contribution is 14.1. The highest BCUT2D eigenvalue weighted by Crippen LogP contribution is 2.32. The molecule has 0 aliphatic heterocycles. The molecule has 0 bridgehead atoms. The number of hydrogen-bond acceptors (Lipinski definition) is 2. The molecule has 0 aromatic heterocycles. The quantitative estimate of drug-likeness (QED) is 0.578. The maximum atomic E-state index is 12.0. The molecule has 0 amide bonds. The minimum Gasteiger partial charge on any atom is -0.434 e. The smallest absolute Gasteiger partial charge is 0.387 e. The van der Waals surface area contributed by atoms with Crippen LogP contribution in [-0.2, 0) is 0 Å². The molecule has 15 heavy (non-hydrogen) atoms.